The lowest BCUT2D eigenvalue weighted by molar-refractivity contribution is 0.351. The van der Waals surface area contributed by atoms with E-state index >= 15 is 0 Å². The Labute approximate surface area is 199 Å². The number of benzene rings is 1. The van der Waals surface area contributed by atoms with E-state index in [1.165, 1.54) is 11.5 Å². The quantitative estimate of drug-likeness (QED) is 0.325. The lowest BCUT2D eigenvalue weighted by Gasteiger charge is -2.36. The van der Waals surface area contributed by atoms with Crippen LogP contribution in [0.3, 0.4) is 0 Å². The minimum absolute atomic E-state index is 0. The van der Waals surface area contributed by atoms with Crippen LogP contribution in [0, 0.1) is 0 Å². The normalized spacial score (nSPS) is 14.3. The second-order valence-corrected chi connectivity index (χ2v) is 7.37. The smallest absolute Gasteiger partial charge is 0.205 e. The summed E-state index contributed by atoms with van der Waals surface area (Å²) in [5.74, 6) is 3.31. The SMILES string of the molecule is CCNC(=NCc1cccc(OC)c1OC)N1CCN(c2nc(CC)ns2)CC1.I. The number of nitrogens with zero attached hydrogens (tertiary/aromatic N) is 5. The zero-order valence-corrected chi connectivity index (χ0v) is 21.2. The number of guanidine groups is 1. The first-order valence-electron chi connectivity index (χ1n) is 10.0. The number of piperazine rings is 1. The fraction of sp³-hybridized carbons (Fsp3) is 0.550. The van der Waals surface area contributed by atoms with Crippen LogP contribution in [-0.4, -0.2) is 67.2 Å². The summed E-state index contributed by atoms with van der Waals surface area (Å²) in [5, 5.41) is 4.43. The van der Waals surface area contributed by atoms with E-state index in [0.29, 0.717) is 6.54 Å². The average Bonchev–Trinajstić information content (AvgIpc) is 3.25. The molecule has 0 amide bonds. The lowest BCUT2D eigenvalue weighted by Crippen LogP contribution is -2.52. The Balaban J connectivity index is 0.00000320. The van der Waals surface area contributed by atoms with E-state index in [1.54, 1.807) is 14.2 Å². The number of anilines is 1. The van der Waals surface area contributed by atoms with Gasteiger partial charge in [0.25, 0.3) is 0 Å². The molecule has 1 N–H and O–H groups in total. The van der Waals surface area contributed by atoms with Gasteiger partial charge in [0.2, 0.25) is 5.13 Å². The molecule has 0 unspecified atom stereocenters. The Bertz CT molecular complexity index is 823. The van der Waals surface area contributed by atoms with Crippen molar-refractivity contribution in [3.05, 3.63) is 29.6 Å². The maximum atomic E-state index is 5.53. The summed E-state index contributed by atoms with van der Waals surface area (Å²) >= 11 is 1.49. The van der Waals surface area contributed by atoms with Gasteiger partial charge >= 0.3 is 0 Å². The summed E-state index contributed by atoms with van der Waals surface area (Å²) in [6.07, 6.45) is 0.876. The van der Waals surface area contributed by atoms with Gasteiger partial charge in [0, 0.05) is 56.2 Å². The number of ether oxygens (including phenoxy) is 2. The van der Waals surface area contributed by atoms with Crippen LogP contribution in [0.5, 0.6) is 11.5 Å². The Kier molecular flexibility index (Phi) is 9.89. The molecule has 3 rings (SSSR count). The third-order valence-electron chi connectivity index (χ3n) is 4.84. The molecule has 2 heterocycles. The largest absolute Gasteiger partial charge is 0.493 e. The Morgan fingerprint density at radius 3 is 2.53 bits per heavy atom. The summed E-state index contributed by atoms with van der Waals surface area (Å²) < 4.78 is 15.3. The molecule has 1 aromatic carbocycles. The second-order valence-electron chi connectivity index (χ2n) is 6.64. The highest BCUT2D eigenvalue weighted by atomic mass is 127. The number of methoxy groups -OCH3 is 2. The molecule has 0 aliphatic carbocycles. The first kappa shape index (κ1) is 24.4. The summed E-state index contributed by atoms with van der Waals surface area (Å²) in [6, 6.07) is 5.88. The fourth-order valence-electron chi connectivity index (χ4n) is 3.29. The molecule has 30 heavy (non-hydrogen) atoms. The topological polar surface area (TPSA) is 75.1 Å². The lowest BCUT2D eigenvalue weighted by atomic mass is 10.2. The molecule has 1 saturated heterocycles. The van der Waals surface area contributed by atoms with E-state index in [1.807, 2.05) is 18.2 Å². The Morgan fingerprint density at radius 2 is 1.93 bits per heavy atom. The summed E-state index contributed by atoms with van der Waals surface area (Å²) in [7, 11) is 3.31. The van der Waals surface area contributed by atoms with Crippen molar-refractivity contribution in [2.45, 2.75) is 26.8 Å². The first-order valence-corrected chi connectivity index (χ1v) is 10.8. The maximum Gasteiger partial charge on any atom is 0.205 e. The van der Waals surface area contributed by atoms with Crippen molar-refractivity contribution >= 4 is 46.6 Å². The third kappa shape index (κ3) is 5.87. The summed E-state index contributed by atoms with van der Waals surface area (Å²) in [4.78, 5) is 14.1. The molecule has 1 aliphatic rings. The standard InChI is InChI=1S/C20H30N6O2S.HI/c1-5-17-23-20(29-24-17)26-12-10-25(11-13-26)19(21-6-2)22-14-15-8-7-9-16(27-3)18(15)28-4;/h7-9H,5-6,10-14H2,1-4H3,(H,21,22);1H. The summed E-state index contributed by atoms with van der Waals surface area (Å²) in [5.41, 5.74) is 1.00. The van der Waals surface area contributed by atoms with Gasteiger partial charge < -0.3 is 24.6 Å². The number of halogens is 1. The van der Waals surface area contributed by atoms with Gasteiger partial charge in [-0.05, 0) is 13.0 Å². The van der Waals surface area contributed by atoms with Gasteiger partial charge in [0.15, 0.2) is 17.5 Å². The number of rotatable bonds is 7. The van der Waals surface area contributed by atoms with Crippen molar-refractivity contribution in [1.29, 1.82) is 0 Å². The van der Waals surface area contributed by atoms with Gasteiger partial charge in [0.1, 0.15) is 5.82 Å². The molecule has 0 bridgehead atoms. The molecule has 0 radical (unpaired) electrons. The van der Waals surface area contributed by atoms with Crippen molar-refractivity contribution in [2.24, 2.45) is 4.99 Å². The minimum Gasteiger partial charge on any atom is -0.493 e. The minimum atomic E-state index is 0. The van der Waals surface area contributed by atoms with Crippen LogP contribution in [0.4, 0.5) is 5.13 Å². The van der Waals surface area contributed by atoms with Gasteiger partial charge in [-0.2, -0.15) is 4.37 Å². The second kappa shape index (κ2) is 12.1. The Hall–Kier alpha value is -1.82. The number of para-hydroxylation sites is 1. The molecule has 10 heteroatoms. The van der Waals surface area contributed by atoms with E-state index in [9.17, 15) is 0 Å². The number of hydrogen-bond acceptors (Lipinski definition) is 7. The van der Waals surface area contributed by atoms with Crippen LogP contribution >= 0.6 is 35.5 Å². The molecule has 0 atom stereocenters. The summed E-state index contributed by atoms with van der Waals surface area (Å²) in [6.45, 7) is 9.12. The van der Waals surface area contributed by atoms with E-state index in [4.69, 9.17) is 14.5 Å². The van der Waals surface area contributed by atoms with Crippen LogP contribution in [0.15, 0.2) is 23.2 Å². The highest BCUT2D eigenvalue weighted by Gasteiger charge is 2.22. The molecule has 1 aromatic heterocycles. The van der Waals surface area contributed by atoms with E-state index < -0.39 is 0 Å². The number of hydrogen-bond donors (Lipinski definition) is 1. The molecular weight excluding hydrogens is 515 g/mol. The van der Waals surface area contributed by atoms with E-state index in [-0.39, 0.29) is 24.0 Å². The molecule has 8 nitrogen and oxygen atoms in total. The van der Waals surface area contributed by atoms with Gasteiger partial charge in [-0.25, -0.2) is 9.98 Å². The van der Waals surface area contributed by atoms with Crippen molar-refractivity contribution < 1.29 is 9.47 Å². The highest BCUT2D eigenvalue weighted by Crippen LogP contribution is 2.31. The number of aromatic nitrogens is 2. The first-order chi connectivity index (χ1) is 14.2. The highest BCUT2D eigenvalue weighted by molar-refractivity contribution is 14.0. The van der Waals surface area contributed by atoms with Crippen LogP contribution < -0.4 is 19.7 Å². The van der Waals surface area contributed by atoms with Gasteiger partial charge in [0.05, 0.1) is 20.8 Å². The zero-order chi connectivity index (χ0) is 20.6. The zero-order valence-electron chi connectivity index (χ0n) is 18.1. The molecule has 166 valence electrons. The predicted octanol–water partition coefficient (Wildman–Crippen LogP) is 3.02. The van der Waals surface area contributed by atoms with Gasteiger partial charge in [-0.3, -0.25) is 0 Å². The third-order valence-corrected chi connectivity index (χ3v) is 5.66. The van der Waals surface area contributed by atoms with E-state index in [2.05, 4.69) is 38.3 Å². The monoisotopic (exact) mass is 546 g/mol. The van der Waals surface area contributed by atoms with Gasteiger partial charge in [-0.1, -0.05) is 19.1 Å². The Morgan fingerprint density at radius 1 is 1.17 bits per heavy atom. The van der Waals surface area contributed by atoms with Crippen LogP contribution in [-0.2, 0) is 13.0 Å². The number of nitrogens with one attached hydrogen (secondary N) is 1. The van der Waals surface area contributed by atoms with Crippen LogP contribution in [0.1, 0.15) is 25.2 Å². The molecule has 0 saturated carbocycles. The van der Waals surface area contributed by atoms with Crippen molar-refractivity contribution in [1.82, 2.24) is 19.6 Å². The van der Waals surface area contributed by atoms with Crippen molar-refractivity contribution in [2.75, 3.05) is 51.8 Å². The maximum absolute atomic E-state index is 5.53. The predicted molar refractivity (Wildman–Crippen MR) is 133 cm³/mol. The molecule has 1 fully saturated rings. The number of aryl methyl sites for hydroxylation is 1. The fourth-order valence-corrected chi connectivity index (χ4v) is 4.09. The van der Waals surface area contributed by atoms with Crippen molar-refractivity contribution in [3.8, 4) is 11.5 Å². The molecule has 0 spiro atoms. The molecular formula is C20H31IN6O2S. The van der Waals surface area contributed by atoms with Crippen LogP contribution in [0.25, 0.3) is 0 Å². The molecule has 2 aromatic rings. The molecule has 1 aliphatic heterocycles. The number of aliphatic imine (C=N–C) groups is 1. The van der Waals surface area contributed by atoms with Crippen LogP contribution in [0.2, 0.25) is 0 Å². The van der Waals surface area contributed by atoms with Gasteiger partial charge in [-0.15, -0.1) is 24.0 Å². The average molecular weight is 546 g/mol. The van der Waals surface area contributed by atoms with E-state index in [0.717, 1.165) is 73.1 Å². The van der Waals surface area contributed by atoms with Crippen molar-refractivity contribution in [3.63, 3.8) is 0 Å².